The van der Waals surface area contributed by atoms with Crippen molar-refractivity contribution < 1.29 is 18.9 Å². The van der Waals surface area contributed by atoms with Gasteiger partial charge >= 0.3 is 5.97 Å². The van der Waals surface area contributed by atoms with Gasteiger partial charge in [-0.25, -0.2) is 0 Å². The molecule has 1 aromatic carbocycles. The number of hydrogen-bond donors (Lipinski definition) is 2. The molecule has 0 aromatic heterocycles. The molecule has 1 atom stereocenters. The first-order valence-corrected chi connectivity index (χ1v) is 10.2. The summed E-state index contributed by atoms with van der Waals surface area (Å²) >= 11 is 3.34. The lowest BCUT2D eigenvalue weighted by Gasteiger charge is -2.26. The van der Waals surface area contributed by atoms with Crippen molar-refractivity contribution in [3.63, 3.8) is 0 Å². The van der Waals surface area contributed by atoms with Crippen LogP contribution in [-0.2, 0) is 20.4 Å². The van der Waals surface area contributed by atoms with Gasteiger partial charge in [0.05, 0.1) is 16.7 Å². The largest absolute Gasteiger partial charge is 0.481 e. The number of halogens is 1. The third-order valence-corrected chi connectivity index (χ3v) is 6.24. The lowest BCUT2D eigenvalue weighted by molar-refractivity contribution is -0.142. The summed E-state index contributed by atoms with van der Waals surface area (Å²) in [5.74, 6) is -0.593. The summed E-state index contributed by atoms with van der Waals surface area (Å²) in [7, 11) is -1.09. The highest BCUT2D eigenvalue weighted by Gasteiger charge is 2.26. The van der Waals surface area contributed by atoms with E-state index in [0.29, 0.717) is 44.3 Å². The fraction of sp³-hybridized carbons (Fsp3) is 0.529. The number of nitrogens with one attached hydrogen (secondary N) is 1. The molecule has 2 rings (SSSR count). The normalized spacial score (nSPS) is 21.9. The van der Waals surface area contributed by atoms with Crippen LogP contribution in [0.4, 0.5) is 0 Å². The van der Waals surface area contributed by atoms with Crippen molar-refractivity contribution in [3.05, 3.63) is 28.7 Å². The molecule has 0 bridgehead atoms. The zero-order valence-corrected chi connectivity index (χ0v) is 15.8. The van der Waals surface area contributed by atoms with Crippen LogP contribution in [0.3, 0.4) is 0 Å². The molecule has 1 amide bonds. The van der Waals surface area contributed by atoms with E-state index in [9.17, 15) is 13.8 Å². The Morgan fingerprint density at radius 2 is 1.79 bits per heavy atom. The van der Waals surface area contributed by atoms with Gasteiger partial charge < -0.3 is 10.4 Å². The number of hydrogen-bond acceptors (Lipinski definition) is 3. The monoisotopic (exact) mass is 415 g/mol. The highest BCUT2D eigenvalue weighted by atomic mass is 79.9. The molecule has 0 radical (unpaired) electrons. The van der Waals surface area contributed by atoms with Crippen molar-refractivity contribution in [2.45, 2.75) is 49.5 Å². The molecular weight excluding hydrogens is 394 g/mol. The van der Waals surface area contributed by atoms with E-state index in [-0.39, 0.29) is 17.9 Å². The zero-order chi connectivity index (χ0) is 17.5. The van der Waals surface area contributed by atoms with E-state index in [4.69, 9.17) is 5.11 Å². The minimum absolute atomic E-state index is 0.0402. The molecule has 2 N–H and O–H groups in total. The molecule has 1 fully saturated rings. The van der Waals surface area contributed by atoms with Crippen LogP contribution in [0.15, 0.2) is 33.6 Å². The van der Waals surface area contributed by atoms with Gasteiger partial charge in [-0.05, 0) is 56.4 Å². The summed E-state index contributed by atoms with van der Waals surface area (Å²) in [6.45, 7) is 0. The molecule has 1 unspecified atom stereocenters. The van der Waals surface area contributed by atoms with Gasteiger partial charge in [-0.15, -0.1) is 0 Å². The Bertz CT molecular complexity index is 597. The van der Waals surface area contributed by atoms with E-state index in [1.54, 1.807) is 0 Å². The van der Waals surface area contributed by atoms with E-state index in [1.165, 1.54) is 0 Å². The van der Waals surface area contributed by atoms with Crippen LogP contribution in [0.1, 0.15) is 38.5 Å². The van der Waals surface area contributed by atoms with Crippen LogP contribution >= 0.6 is 15.9 Å². The number of rotatable bonds is 7. The average Bonchev–Trinajstić information content (AvgIpc) is 2.55. The lowest BCUT2D eigenvalue weighted by atomic mass is 9.86. The lowest BCUT2D eigenvalue weighted by Crippen LogP contribution is -2.38. The highest BCUT2D eigenvalue weighted by Crippen LogP contribution is 2.24. The molecule has 0 heterocycles. The highest BCUT2D eigenvalue weighted by molar-refractivity contribution is 9.10. The number of carbonyl (C=O) groups is 2. The summed E-state index contributed by atoms with van der Waals surface area (Å²) in [6.07, 6.45) is 3.59. The van der Waals surface area contributed by atoms with Gasteiger partial charge in [0.15, 0.2) is 0 Å². The van der Waals surface area contributed by atoms with E-state index >= 15 is 0 Å². The van der Waals surface area contributed by atoms with Crippen LogP contribution < -0.4 is 5.32 Å². The number of carboxylic acid groups (broad SMARTS) is 1. The van der Waals surface area contributed by atoms with E-state index in [2.05, 4.69) is 21.2 Å². The Morgan fingerprint density at radius 1 is 1.17 bits per heavy atom. The van der Waals surface area contributed by atoms with E-state index in [0.717, 1.165) is 9.37 Å². The smallest absolute Gasteiger partial charge is 0.306 e. The zero-order valence-electron chi connectivity index (χ0n) is 13.4. The second-order valence-electron chi connectivity index (χ2n) is 6.06. The Labute approximate surface area is 152 Å². The van der Waals surface area contributed by atoms with Crippen molar-refractivity contribution in [2.75, 3.05) is 5.75 Å². The maximum atomic E-state index is 12.1. The summed E-state index contributed by atoms with van der Waals surface area (Å²) in [4.78, 5) is 23.6. The molecule has 0 spiro atoms. The van der Waals surface area contributed by atoms with Crippen LogP contribution in [0.5, 0.6) is 0 Å². The van der Waals surface area contributed by atoms with E-state index < -0.39 is 16.8 Å². The maximum absolute atomic E-state index is 12.1. The summed E-state index contributed by atoms with van der Waals surface area (Å²) in [5, 5.41) is 11.9. The molecule has 24 heavy (non-hydrogen) atoms. The third-order valence-electron chi connectivity index (χ3n) is 4.25. The van der Waals surface area contributed by atoms with Crippen molar-refractivity contribution in [3.8, 4) is 0 Å². The van der Waals surface area contributed by atoms with Crippen molar-refractivity contribution >= 4 is 38.6 Å². The quantitative estimate of drug-likeness (QED) is 0.716. The number of benzene rings is 1. The van der Waals surface area contributed by atoms with Gasteiger partial charge in [0.1, 0.15) is 0 Å². The molecule has 1 aliphatic rings. The third kappa shape index (κ3) is 6.02. The van der Waals surface area contributed by atoms with Gasteiger partial charge in [0, 0.05) is 27.6 Å². The number of amides is 1. The number of aliphatic carboxylic acids is 1. The Hall–Kier alpha value is -1.21. The van der Waals surface area contributed by atoms with Gasteiger partial charge in [0.2, 0.25) is 5.91 Å². The molecule has 1 saturated carbocycles. The Morgan fingerprint density at radius 3 is 2.38 bits per heavy atom. The number of carboxylic acids is 1. The Balaban J connectivity index is 1.66. The number of carbonyl (C=O) groups excluding carboxylic acids is 1. The standard InChI is InChI=1S/C17H22BrNO4S/c18-13-5-9-15(10-6-13)24(23)11-1-2-16(20)19-14-7-3-12(4-8-14)17(21)22/h5-6,9-10,12,14H,1-4,7-8,11H2,(H,19,20)(H,21,22). The molecule has 5 nitrogen and oxygen atoms in total. The fourth-order valence-electron chi connectivity index (χ4n) is 2.85. The predicted octanol–water partition coefficient (Wildman–Crippen LogP) is 3.10. The summed E-state index contributed by atoms with van der Waals surface area (Å²) < 4.78 is 13.1. The molecule has 1 aliphatic carbocycles. The van der Waals surface area contributed by atoms with Gasteiger partial charge in [0.25, 0.3) is 0 Å². The van der Waals surface area contributed by atoms with Crippen LogP contribution in [0.25, 0.3) is 0 Å². The first-order valence-electron chi connectivity index (χ1n) is 8.12. The Kier molecular flexibility index (Phi) is 7.42. The molecule has 7 heteroatoms. The molecule has 0 saturated heterocycles. The van der Waals surface area contributed by atoms with Crippen molar-refractivity contribution in [2.24, 2.45) is 5.92 Å². The van der Waals surface area contributed by atoms with Crippen molar-refractivity contribution in [1.29, 1.82) is 0 Å². The second-order valence-corrected chi connectivity index (χ2v) is 8.55. The molecular formula is C17H22BrNO4S. The van der Waals surface area contributed by atoms with Gasteiger partial charge in [-0.3, -0.25) is 13.8 Å². The summed E-state index contributed by atoms with van der Waals surface area (Å²) in [6, 6.07) is 7.42. The van der Waals surface area contributed by atoms with Crippen molar-refractivity contribution in [1.82, 2.24) is 5.32 Å². The van der Waals surface area contributed by atoms with Crippen LogP contribution in [0.2, 0.25) is 0 Å². The van der Waals surface area contributed by atoms with Gasteiger partial charge in [-0.2, -0.15) is 0 Å². The van der Waals surface area contributed by atoms with Crippen LogP contribution in [0, 0.1) is 5.92 Å². The second kappa shape index (κ2) is 9.32. The average molecular weight is 416 g/mol. The van der Waals surface area contributed by atoms with Crippen LogP contribution in [-0.4, -0.2) is 33.0 Å². The summed E-state index contributed by atoms with van der Waals surface area (Å²) in [5.41, 5.74) is 0. The molecule has 1 aromatic rings. The molecule has 132 valence electrons. The maximum Gasteiger partial charge on any atom is 0.306 e. The first-order chi connectivity index (χ1) is 11.5. The first kappa shape index (κ1) is 19.1. The minimum Gasteiger partial charge on any atom is -0.481 e. The minimum atomic E-state index is -1.09. The topological polar surface area (TPSA) is 83.5 Å². The van der Waals surface area contributed by atoms with E-state index in [1.807, 2.05) is 24.3 Å². The SMILES string of the molecule is O=C(CCCS(=O)c1ccc(Br)cc1)NC1CCC(C(=O)O)CC1. The predicted molar refractivity (Wildman–Crippen MR) is 96.2 cm³/mol. The van der Waals surface area contributed by atoms with Gasteiger partial charge in [-0.1, -0.05) is 15.9 Å². The fourth-order valence-corrected chi connectivity index (χ4v) is 4.20. The molecule has 0 aliphatic heterocycles.